The summed E-state index contributed by atoms with van der Waals surface area (Å²) in [4.78, 5) is 36.4. The molecule has 0 atom stereocenters. The lowest BCUT2D eigenvalue weighted by Gasteiger charge is -2.15. The second-order valence-corrected chi connectivity index (χ2v) is 9.39. The van der Waals surface area contributed by atoms with Crippen molar-refractivity contribution in [2.75, 3.05) is 0 Å². The second-order valence-electron chi connectivity index (χ2n) is 9.39. The van der Waals surface area contributed by atoms with E-state index in [1.165, 1.54) is 4.40 Å². The van der Waals surface area contributed by atoms with Crippen LogP contribution in [-0.2, 0) is 0 Å². The molecule has 0 N–H and O–H groups in total. The zero-order valence-corrected chi connectivity index (χ0v) is 19.5. The smallest absolute Gasteiger partial charge is 0.266 e. The van der Waals surface area contributed by atoms with Crippen LogP contribution in [-0.4, -0.2) is 14.4 Å². The van der Waals surface area contributed by atoms with Crippen LogP contribution in [0.5, 0.6) is 0 Å². The lowest BCUT2D eigenvalue weighted by molar-refractivity contribution is 1.09. The monoisotopic (exact) mass is 475 g/mol. The Bertz CT molecular complexity index is 2250. The average molecular weight is 476 g/mol. The van der Waals surface area contributed by atoms with E-state index in [4.69, 9.17) is 4.98 Å². The minimum absolute atomic E-state index is 0.289. The molecule has 0 radical (unpaired) electrons. The van der Waals surface area contributed by atoms with Gasteiger partial charge in [0.25, 0.3) is 11.1 Å². The van der Waals surface area contributed by atoms with Gasteiger partial charge in [0.2, 0.25) is 0 Å². The molecule has 5 heteroatoms. The zero-order chi connectivity index (χ0) is 24.7. The molecule has 0 aliphatic heterocycles. The Morgan fingerprint density at radius 3 is 1.78 bits per heavy atom. The predicted octanol–water partition coefficient (Wildman–Crippen LogP) is 6.32. The minimum atomic E-state index is -0.289. The third-order valence-corrected chi connectivity index (χ3v) is 7.39. The molecule has 0 aliphatic carbocycles. The molecule has 0 spiro atoms. The first-order chi connectivity index (χ1) is 18.2. The van der Waals surface area contributed by atoms with Crippen molar-refractivity contribution in [1.29, 1.82) is 0 Å². The summed E-state index contributed by atoms with van der Waals surface area (Å²) in [6.07, 6.45) is 3.66. The molecule has 0 saturated carbocycles. The van der Waals surface area contributed by atoms with Gasteiger partial charge in [-0.3, -0.25) is 19.6 Å². The van der Waals surface area contributed by atoms with Crippen LogP contribution in [0, 0.1) is 0 Å². The third kappa shape index (κ3) is 2.68. The van der Waals surface area contributed by atoms with Crippen molar-refractivity contribution >= 4 is 59.6 Å². The predicted molar refractivity (Wildman–Crippen MR) is 150 cm³/mol. The van der Waals surface area contributed by atoms with Gasteiger partial charge >= 0.3 is 0 Å². The van der Waals surface area contributed by atoms with Gasteiger partial charge in [0, 0.05) is 50.3 Å². The number of hydrogen-bond donors (Lipinski definition) is 0. The number of hydrogen-bond acceptors (Lipinski definition) is 4. The van der Waals surface area contributed by atoms with Crippen molar-refractivity contribution in [3.63, 3.8) is 0 Å². The maximum atomic E-state index is 13.5. The second kappa shape index (κ2) is 7.18. The summed E-state index contributed by atoms with van der Waals surface area (Å²) in [6.45, 7) is 0. The van der Waals surface area contributed by atoms with Gasteiger partial charge in [0.05, 0.1) is 16.6 Å². The Morgan fingerprint density at radius 1 is 0.514 bits per heavy atom. The van der Waals surface area contributed by atoms with Crippen molar-refractivity contribution in [3.8, 4) is 11.1 Å². The van der Waals surface area contributed by atoms with Crippen molar-refractivity contribution in [2.45, 2.75) is 0 Å². The Balaban J connectivity index is 1.55. The number of nitrogens with zero attached hydrogens (tertiary/aromatic N) is 3. The maximum absolute atomic E-state index is 13.5. The van der Waals surface area contributed by atoms with Crippen LogP contribution < -0.4 is 11.1 Å². The van der Waals surface area contributed by atoms with Crippen molar-refractivity contribution in [2.24, 2.45) is 0 Å². The average Bonchev–Trinajstić information content (AvgIpc) is 2.96. The lowest BCUT2D eigenvalue weighted by Crippen LogP contribution is -2.27. The van der Waals surface area contributed by atoms with E-state index in [0.29, 0.717) is 16.3 Å². The highest BCUT2D eigenvalue weighted by Gasteiger charge is 2.18. The summed E-state index contributed by atoms with van der Waals surface area (Å²) >= 11 is 0. The molecule has 4 aromatic heterocycles. The molecule has 5 nitrogen and oxygen atoms in total. The van der Waals surface area contributed by atoms with Crippen molar-refractivity contribution in [3.05, 3.63) is 124 Å². The van der Waals surface area contributed by atoms with E-state index in [0.717, 1.165) is 54.5 Å². The van der Waals surface area contributed by atoms with Gasteiger partial charge in [0.15, 0.2) is 0 Å². The summed E-state index contributed by atoms with van der Waals surface area (Å²) in [6, 6.07) is 29.4. The molecule has 4 heterocycles. The molecule has 0 unspecified atom stereocenters. The van der Waals surface area contributed by atoms with Gasteiger partial charge in [-0.15, -0.1) is 0 Å². The summed E-state index contributed by atoms with van der Waals surface area (Å²) in [5, 5.41) is 6.51. The maximum Gasteiger partial charge on any atom is 0.266 e. The number of pyridine rings is 4. The van der Waals surface area contributed by atoms with Gasteiger partial charge in [0.1, 0.15) is 0 Å². The summed E-state index contributed by atoms with van der Waals surface area (Å²) in [5.74, 6) is 0. The highest BCUT2D eigenvalue weighted by atomic mass is 16.2. The van der Waals surface area contributed by atoms with Crippen LogP contribution in [0.4, 0.5) is 0 Å². The molecule has 0 fully saturated rings. The van der Waals surface area contributed by atoms with Crippen molar-refractivity contribution < 1.29 is 0 Å². The van der Waals surface area contributed by atoms with E-state index in [2.05, 4.69) is 35.3 Å². The van der Waals surface area contributed by atoms with E-state index in [1.807, 2.05) is 54.7 Å². The highest BCUT2D eigenvalue weighted by molar-refractivity contribution is 6.19. The van der Waals surface area contributed by atoms with Crippen LogP contribution in [0.15, 0.2) is 113 Å². The van der Waals surface area contributed by atoms with Gasteiger partial charge in [-0.2, -0.15) is 0 Å². The van der Waals surface area contributed by atoms with E-state index in [1.54, 1.807) is 18.3 Å². The fourth-order valence-corrected chi connectivity index (χ4v) is 5.69. The Hall–Kier alpha value is -5.16. The van der Waals surface area contributed by atoms with Crippen LogP contribution in [0.25, 0.3) is 70.8 Å². The number of fused-ring (bicyclic) bond motifs is 7. The largest absolute Gasteiger partial charge is 0.268 e. The number of benzene rings is 4. The number of rotatable bonds is 1. The molecule has 0 bridgehead atoms. The van der Waals surface area contributed by atoms with Gasteiger partial charge in [-0.25, -0.2) is 4.40 Å². The molecular weight excluding hydrogens is 458 g/mol. The minimum Gasteiger partial charge on any atom is -0.268 e. The first-order valence-electron chi connectivity index (χ1n) is 12.1. The van der Waals surface area contributed by atoms with Gasteiger partial charge in [-0.1, -0.05) is 54.6 Å². The van der Waals surface area contributed by atoms with Crippen LogP contribution in [0.1, 0.15) is 0 Å². The van der Waals surface area contributed by atoms with Crippen LogP contribution in [0.3, 0.4) is 0 Å². The molecule has 0 saturated heterocycles. The van der Waals surface area contributed by atoms with E-state index in [9.17, 15) is 9.59 Å². The molecule has 4 aromatic carbocycles. The quantitative estimate of drug-likeness (QED) is 0.206. The fraction of sp³-hybridized carbons (Fsp3) is 0. The zero-order valence-electron chi connectivity index (χ0n) is 19.5. The molecule has 37 heavy (non-hydrogen) atoms. The summed E-state index contributed by atoms with van der Waals surface area (Å²) in [5.41, 5.74) is 3.74. The third-order valence-electron chi connectivity index (χ3n) is 7.39. The molecule has 8 aromatic rings. The highest BCUT2D eigenvalue weighted by Crippen LogP contribution is 2.35. The first kappa shape index (κ1) is 20.1. The molecule has 0 amide bonds. The van der Waals surface area contributed by atoms with E-state index < -0.39 is 0 Å². The Kier molecular flexibility index (Phi) is 3.90. The molecular formula is C32H17N3O2. The molecule has 172 valence electrons. The van der Waals surface area contributed by atoms with Crippen LogP contribution >= 0.6 is 0 Å². The molecule has 8 rings (SSSR count). The first-order valence-corrected chi connectivity index (χ1v) is 12.1. The SMILES string of the molecule is O=c1c2ccccc2c2cc(-c3cnc4c(ccc5cccnc54)c3)cc3c4ccccc4c(=O)n1c23. The van der Waals surface area contributed by atoms with Gasteiger partial charge < -0.3 is 0 Å². The van der Waals surface area contributed by atoms with E-state index >= 15 is 0 Å². The summed E-state index contributed by atoms with van der Waals surface area (Å²) < 4.78 is 1.34. The van der Waals surface area contributed by atoms with E-state index in [-0.39, 0.29) is 11.1 Å². The van der Waals surface area contributed by atoms with Crippen LogP contribution in [0.2, 0.25) is 0 Å². The topological polar surface area (TPSA) is 64.3 Å². The Labute approximate surface area is 209 Å². The lowest BCUT2D eigenvalue weighted by atomic mass is 9.95. The summed E-state index contributed by atoms with van der Waals surface area (Å²) in [7, 11) is 0. The van der Waals surface area contributed by atoms with Crippen molar-refractivity contribution in [1.82, 2.24) is 14.4 Å². The van der Waals surface area contributed by atoms with Gasteiger partial charge in [-0.05, 0) is 52.7 Å². The number of aromatic nitrogens is 3. The molecule has 0 aliphatic rings. The fourth-order valence-electron chi connectivity index (χ4n) is 5.69. The standard InChI is InChI=1S/C32H17N3O2/c36-31-24-9-3-1-7-22(24)26-15-20(16-27-23-8-2-4-10-25(23)32(37)35(31)30(26)27)21-14-19-12-11-18-6-5-13-33-28(18)29(19)34-17-21/h1-17H. The normalized spacial score (nSPS) is 12.0. The Morgan fingerprint density at radius 2 is 1.11 bits per heavy atom.